The van der Waals surface area contributed by atoms with Crippen LogP contribution < -0.4 is 16.0 Å². The number of piperidine rings is 1. The summed E-state index contributed by atoms with van der Waals surface area (Å²) in [6.45, 7) is 5.33. The number of aromatic nitrogens is 1. The molecule has 1 aromatic rings. The zero-order valence-electron chi connectivity index (χ0n) is 17.7. The molecule has 1 amide bonds. The molecular formula is C19H32N6O3S. The van der Waals surface area contributed by atoms with Crippen molar-refractivity contribution in [3.05, 3.63) is 23.0 Å². The quantitative estimate of drug-likeness (QED) is 0.591. The number of rotatable bonds is 7. The lowest BCUT2D eigenvalue weighted by Gasteiger charge is -2.40. The van der Waals surface area contributed by atoms with E-state index in [0.29, 0.717) is 19.8 Å². The van der Waals surface area contributed by atoms with E-state index in [1.807, 2.05) is 19.3 Å². The summed E-state index contributed by atoms with van der Waals surface area (Å²) in [4.78, 5) is 23.7. The first kappa shape index (κ1) is 21.6. The second kappa shape index (κ2) is 8.74. The third-order valence-electron chi connectivity index (χ3n) is 5.65. The Labute approximate surface area is 172 Å². The number of hydrogen-bond acceptors (Lipinski definition) is 6. The van der Waals surface area contributed by atoms with Gasteiger partial charge in [-0.1, -0.05) is 13.8 Å². The van der Waals surface area contributed by atoms with Crippen molar-refractivity contribution in [3.63, 3.8) is 0 Å². The maximum Gasteiger partial charge on any atom is 0.222 e. The van der Waals surface area contributed by atoms with E-state index in [1.165, 1.54) is 0 Å². The molecule has 10 heteroatoms. The number of carbonyl (C=O) groups excluding carboxylic acids is 1. The molecule has 162 valence electrons. The van der Waals surface area contributed by atoms with Crippen LogP contribution >= 0.6 is 0 Å². The minimum Gasteiger partial charge on any atom is -0.358 e. The van der Waals surface area contributed by atoms with Gasteiger partial charge in [-0.25, -0.2) is 17.7 Å². The van der Waals surface area contributed by atoms with Gasteiger partial charge in [-0.3, -0.25) is 4.79 Å². The molecule has 29 heavy (non-hydrogen) atoms. The number of sulfonamides is 1. The third-order valence-corrected chi connectivity index (χ3v) is 7.52. The molecule has 2 N–H and O–H groups in total. The lowest BCUT2D eigenvalue weighted by molar-refractivity contribution is -0.123. The number of nitrogens with one attached hydrogen (secondary N) is 2. The minimum absolute atomic E-state index is 0.0553. The minimum atomic E-state index is -3.37. The molecule has 0 aliphatic carbocycles. The second-order valence-corrected chi connectivity index (χ2v) is 10.2. The molecule has 2 aliphatic heterocycles. The summed E-state index contributed by atoms with van der Waals surface area (Å²) in [5, 5.41) is 3.77. The average molecular weight is 425 g/mol. The van der Waals surface area contributed by atoms with E-state index in [2.05, 4.69) is 32.1 Å². The average Bonchev–Trinajstić information content (AvgIpc) is 3.16. The van der Waals surface area contributed by atoms with Crippen LogP contribution in [0.15, 0.2) is 17.3 Å². The van der Waals surface area contributed by atoms with Crippen molar-refractivity contribution in [1.29, 1.82) is 0 Å². The Morgan fingerprint density at radius 3 is 2.72 bits per heavy atom. The van der Waals surface area contributed by atoms with E-state index in [4.69, 9.17) is 0 Å². The van der Waals surface area contributed by atoms with Gasteiger partial charge in [0.2, 0.25) is 15.9 Å². The van der Waals surface area contributed by atoms with Crippen LogP contribution in [0.5, 0.6) is 0 Å². The van der Waals surface area contributed by atoms with Crippen molar-refractivity contribution in [2.24, 2.45) is 10.9 Å². The maximum absolute atomic E-state index is 12.6. The highest BCUT2D eigenvalue weighted by atomic mass is 32.2. The molecule has 9 nitrogen and oxygen atoms in total. The largest absolute Gasteiger partial charge is 0.358 e. The predicted molar refractivity (Wildman–Crippen MR) is 112 cm³/mol. The monoisotopic (exact) mass is 424 g/mol. The zero-order valence-corrected chi connectivity index (χ0v) is 18.5. The number of aromatic amines is 1. The molecule has 1 fully saturated rings. The molecule has 0 saturated carbocycles. The SMILES string of the molecule is CC(C)C(=O)NCCS(=O)(=O)N1CCC(N(C)C2=c3cc[nH]c3=NCN2C)CC1. The molecular weight excluding hydrogens is 392 g/mol. The van der Waals surface area contributed by atoms with Crippen LogP contribution in [0.1, 0.15) is 26.7 Å². The van der Waals surface area contributed by atoms with Crippen LogP contribution in [-0.4, -0.2) is 85.6 Å². The van der Waals surface area contributed by atoms with E-state index in [-0.39, 0.29) is 30.2 Å². The van der Waals surface area contributed by atoms with E-state index in [1.54, 1.807) is 18.2 Å². The fourth-order valence-electron chi connectivity index (χ4n) is 3.90. The maximum atomic E-state index is 12.6. The van der Waals surface area contributed by atoms with Gasteiger partial charge in [0.25, 0.3) is 0 Å². The molecule has 0 bridgehead atoms. The van der Waals surface area contributed by atoms with Crippen molar-refractivity contribution >= 4 is 21.8 Å². The second-order valence-electron chi connectivity index (χ2n) is 8.06. The van der Waals surface area contributed by atoms with Gasteiger partial charge in [-0.05, 0) is 18.9 Å². The number of nitrogens with zero attached hydrogens (tertiary/aromatic N) is 4. The van der Waals surface area contributed by atoms with Gasteiger partial charge in [0, 0.05) is 51.9 Å². The van der Waals surface area contributed by atoms with Gasteiger partial charge in [0.05, 0.1) is 11.0 Å². The van der Waals surface area contributed by atoms with Gasteiger partial charge in [-0.2, -0.15) is 0 Å². The summed E-state index contributed by atoms with van der Waals surface area (Å²) in [7, 11) is 0.731. The summed E-state index contributed by atoms with van der Waals surface area (Å²) in [5.41, 5.74) is 0.897. The van der Waals surface area contributed by atoms with Gasteiger partial charge in [0.15, 0.2) is 0 Å². The Balaban J connectivity index is 1.60. The third kappa shape index (κ3) is 4.75. The highest BCUT2D eigenvalue weighted by molar-refractivity contribution is 7.89. The zero-order chi connectivity index (χ0) is 21.2. The lowest BCUT2D eigenvalue weighted by atomic mass is 10.1. The Bertz CT molecular complexity index is 947. The lowest BCUT2D eigenvalue weighted by Crippen LogP contribution is -2.51. The highest BCUT2D eigenvalue weighted by Crippen LogP contribution is 2.22. The van der Waals surface area contributed by atoms with Gasteiger partial charge in [0.1, 0.15) is 18.0 Å². The summed E-state index contributed by atoms with van der Waals surface area (Å²) in [6.07, 6.45) is 3.43. The van der Waals surface area contributed by atoms with Gasteiger partial charge in [-0.15, -0.1) is 0 Å². The summed E-state index contributed by atoms with van der Waals surface area (Å²) < 4.78 is 26.8. The Morgan fingerprint density at radius 2 is 2.07 bits per heavy atom. The molecule has 0 aromatic carbocycles. The first-order chi connectivity index (χ1) is 13.7. The number of H-pyrrole nitrogens is 1. The van der Waals surface area contributed by atoms with Crippen LogP contribution in [0.3, 0.4) is 0 Å². The molecule has 1 aromatic heterocycles. The molecule has 1 saturated heterocycles. The Kier molecular flexibility index (Phi) is 6.52. The number of hydrogen-bond donors (Lipinski definition) is 2. The fourth-order valence-corrected chi connectivity index (χ4v) is 5.28. The first-order valence-electron chi connectivity index (χ1n) is 10.1. The van der Waals surface area contributed by atoms with Crippen molar-refractivity contribution < 1.29 is 13.2 Å². The van der Waals surface area contributed by atoms with Crippen molar-refractivity contribution in [3.8, 4) is 0 Å². The highest BCUT2D eigenvalue weighted by Gasteiger charge is 2.31. The Hall–Kier alpha value is -2.07. The molecule has 2 aliphatic rings. The molecule has 0 unspecified atom stereocenters. The molecule has 0 atom stereocenters. The summed E-state index contributed by atoms with van der Waals surface area (Å²) in [5.74, 6) is 0.798. The van der Waals surface area contributed by atoms with Gasteiger partial charge >= 0.3 is 0 Å². The van der Waals surface area contributed by atoms with E-state index >= 15 is 0 Å². The van der Waals surface area contributed by atoms with Crippen LogP contribution in [-0.2, 0) is 14.8 Å². The van der Waals surface area contributed by atoms with Crippen LogP contribution in [0.25, 0.3) is 5.82 Å². The number of fused-ring (bicyclic) bond motifs is 1. The van der Waals surface area contributed by atoms with E-state index in [9.17, 15) is 13.2 Å². The van der Waals surface area contributed by atoms with Crippen molar-refractivity contribution in [2.45, 2.75) is 32.7 Å². The van der Waals surface area contributed by atoms with Crippen LogP contribution in [0, 0.1) is 5.92 Å². The van der Waals surface area contributed by atoms with Crippen LogP contribution in [0.4, 0.5) is 0 Å². The normalized spacial score (nSPS) is 18.5. The summed E-state index contributed by atoms with van der Waals surface area (Å²) >= 11 is 0. The topological polar surface area (TPSA) is 101 Å². The number of amides is 1. The standard InChI is InChI=1S/C19H32N6O3S/c1-14(2)18(26)21-9-12-29(27,28)25-10-6-15(7-11-25)24(4)19-16-5-8-20-17(16)22-13-23(19)3/h5,8,14-15H,6-7,9-13H2,1-4H3,(H,20,22)(H,21,26). The number of carbonyl (C=O) groups is 1. The van der Waals surface area contributed by atoms with Gasteiger partial charge < -0.3 is 20.1 Å². The molecule has 3 rings (SSSR count). The van der Waals surface area contributed by atoms with E-state index in [0.717, 1.165) is 29.4 Å². The van der Waals surface area contributed by atoms with Crippen molar-refractivity contribution in [2.75, 3.05) is 46.2 Å². The molecule has 3 heterocycles. The van der Waals surface area contributed by atoms with E-state index < -0.39 is 10.0 Å². The first-order valence-corrected chi connectivity index (χ1v) is 11.7. The summed E-state index contributed by atoms with van der Waals surface area (Å²) in [6, 6.07) is 2.30. The fraction of sp³-hybridized carbons (Fsp3) is 0.684. The smallest absolute Gasteiger partial charge is 0.222 e. The van der Waals surface area contributed by atoms with Crippen molar-refractivity contribution in [1.82, 2.24) is 24.4 Å². The predicted octanol–water partition coefficient (Wildman–Crippen LogP) is -0.899. The van der Waals surface area contributed by atoms with Crippen LogP contribution in [0.2, 0.25) is 0 Å². The Morgan fingerprint density at radius 1 is 1.38 bits per heavy atom. The molecule has 0 radical (unpaired) electrons. The molecule has 0 spiro atoms.